The monoisotopic (exact) mass is 180 g/mol. The third-order valence-corrected chi connectivity index (χ3v) is 1.63. The van der Waals surface area contributed by atoms with Crippen molar-refractivity contribution in [3.8, 4) is 0 Å². The topological polar surface area (TPSA) is 52.0 Å². The first-order valence-electron chi connectivity index (χ1n) is 4.51. The van der Waals surface area contributed by atoms with Gasteiger partial charge in [-0.15, -0.1) is 13.2 Å². The Balaban J connectivity index is 3.81. The van der Waals surface area contributed by atoms with Crippen molar-refractivity contribution >= 4 is 0 Å². The van der Waals surface area contributed by atoms with Crippen molar-refractivity contribution in [3.63, 3.8) is 0 Å². The first-order chi connectivity index (χ1) is 6.06. The molecular weight excluding hydrogens is 160 g/mol. The van der Waals surface area contributed by atoms with Crippen LogP contribution in [0.15, 0.2) is 37.0 Å². The van der Waals surface area contributed by atoms with E-state index in [0.29, 0.717) is 0 Å². The van der Waals surface area contributed by atoms with Gasteiger partial charge in [0.1, 0.15) is 0 Å². The SMILES string of the molecule is C=CCC(N)/C=C\C(N)CC(=C)C. The Morgan fingerprint density at radius 3 is 2.31 bits per heavy atom. The maximum atomic E-state index is 5.79. The maximum absolute atomic E-state index is 5.79. The minimum absolute atomic E-state index is 0.0355. The molecule has 0 radical (unpaired) electrons. The Kier molecular flexibility index (Phi) is 6.20. The van der Waals surface area contributed by atoms with Gasteiger partial charge < -0.3 is 11.5 Å². The molecule has 13 heavy (non-hydrogen) atoms. The summed E-state index contributed by atoms with van der Waals surface area (Å²) in [5.74, 6) is 0. The van der Waals surface area contributed by atoms with Gasteiger partial charge in [-0.25, -0.2) is 0 Å². The second-order valence-electron chi connectivity index (χ2n) is 3.40. The quantitative estimate of drug-likeness (QED) is 0.612. The summed E-state index contributed by atoms with van der Waals surface area (Å²) in [4.78, 5) is 0. The number of rotatable bonds is 6. The van der Waals surface area contributed by atoms with Gasteiger partial charge in [0.2, 0.25) is 0 Å². The Bertz CT molecular complexity index is 194. The number of hydrogen-bond donors (Lipinski definition) is 2. The van der Waals surface area contributed by atoms with Crippen molar-refractivity contribution < 1.29 is 0 Å². The zero-order chi connectivity index (χ0) is 10.3. The Hall–Kier alpha value is -0.860. The van der Waals surface area contributed by atoms with Crippen molar-refractivity contribution in [3.05, 3.63) is 37.0 Å². The summed E-state index contributed by atoms with van der Waals surface area (Å²) in [5.41, 5.74) is 12.6. The molecular formula is C11H20N2. The Morgan fingerprint density at radius 1 is 1.31 bits per heavy atom. The van der Waals surface area contributed by atoms with E-state index in [1.165, 1.54) is 0 Å². The van der Waals surface area contributed by atoms with Gasteiger partial charge in [0.15, 0.2) is 0 Å². The van der Waals surface area contributed by atoms with Gasteiger partial charge in [0, 0.05) is 12.1 Å². The van der Waals surface area contributed by atoms with E-state index in [1.54, 1.807) is 6.08 Å². The van der Waals surface area contributed by atoms with Crippen LogP contribution in [0.1, 0.15) is 19.8 Å². The normalized spacial score (nSPS) is 15.6. The molecule has 0 aliphatic rings. The van der Waals surface area contributed by atoms with Gasteiger partial charge in [0.25, 0.3) is 0 Å². The Morgan fingerprint density at radius 2 is 1.85 bits per heavy atom. The first kappa shape index (κ1) is 12.1. The van der Waals surface area contributed by atoms with Crippen LogP contribution in [0.5, 0.6) is 0 Å². The summed E-state index contributed by atoms with van der Waals surface area (Å²) in [5, 5.41) is 0. The Labute approximate surface area is 81.0 Å². The van der Waals surface area contributed by atoms with Crippen LogP contribution in [0, 0.1) is 0 Å². The van der Waals surface area contributed by atoms with Crippen molar-refractivity contribution in [2.75, 3.05) is 0 Å². The summed E-state index contributed by atoms with van der Waals surface area (Å²) in [6.07, 6.45) is 7.27. The lowest BCUT2D eigenvalue weighted by molar-refractivity contribution is 0.777. The average Bonchev–Trinajstić information content (AvgIpc) is 2.00. The molecule has 0 aliphatic carbocycles. The largest absolute Gasteiger partial charge is 0.324 e. The van der Waals surface area contributed by atoms with Crippen molar-refractivity contribution in [2.24, 2.45) is 11.5 Å². The molecule has 0 saturated heterocycles. The van der Waals surface area contributed by atoms with Crippen molar-refractivity contribution in [1.29, 1.82) is 0 Å². The van der Waals surface area contributed by atoms with Gasteiger partial charge in [-0.1, -0.05) is 23.8 Å². The summed E-state index contributed by atoms with van der Waals surface area (Å²) in [7, 11) is 0. The molecule has 0 bridgehead atoms. The molecule has 2 heteroatoms. The molecule has 0 aromatic carbocycles. The third-order valence-electron chi connectivity index (χ3n) is 1.63. The van der Waals surface area contributed by atoms with Crippen LogP contribution in [0.3, 0.4) is 0 Å². The molecule has 0 heterocycles. The standard InChI is InChI=1S/C11H20N2/c1-4-5-10(12)6-7-11(13)8-9(2)3/h4,6-7,10-11H,1-2,5,8,12-13H2,3H3/b7-6-. The van der Waals surface area contributed by atoms with Gasteiger partial charge in [-0.2, -0.15) is 0 Å². The van der Waals surface area contributed by atoms with E-state index in [4.69, 9.17) is 11.5 Å². The minimum atomic E-state index is 0.0355. The fourth-order valence-corrected chi connectivity index (χ4v) is 1.03. The molecule has 0 spiro atoms. The molecule has 2 unspecified atom stereocenters. The van der Waals surface area contributed by atoms with E-state index in [1.807, 2.05) is 19.1 Å². The molecule has 2 nitrogen and oxygen atoms in total. The maximum Gasteiger partial charge on any atom is 0.0261 e. The van der Waals surface area contributed by atoms with Crippen LogP contribution in [0.4, 0.5) is 0 Å². The zero-order valence-electron chi connectivity index (χ0n) is 8.37. The highest BCUT2D eigenvalue weighted by Crippen LogP contribution is 2.01. The summed E-state index contributed by atoms with van der Waals surface area (Å²) in [6.45, 7) is 9.38. The molecule has 0 aromatic rings. The molecule has 0 aliphatic heterocycles. The number of nitrogens with two attached hydrogens (primary N) is 2. The lowest BCUT2D eigenvalue weighted by Crippen LogP contribution is -2.20. The summed E-state index contributed by atoms with van der Waals surface area (Å²) in [6, 6.07) is 0.0713. The molecule has 2 atom stereocenters. The van der Waals surface area contributed by atoms with Crippen LogP contribution < -0.4 is 11.5 Å². The lowest BCUT2D eigenvalue weighted by Gasteiger charge is -2.07. The van der Waals surface area contributed by atoms with Gasteiger partial charge >= 0.3 is 0 Å². The number of hydrogen-bond acceptors (Lipinski definition) is 2. The molecule has 0 rings (SSSR count). The summed E-state index contributed by atoms with van der Waals surface area (Å²) >= 11 is 0. The molecule has 4 N–H and O–H groups in total. The van der Waals surface area contributed by atoms with Crippen LogP contribution >= 0.6 is 0 Å². The average molecular weight is 180 g/mol. The predicted molar refractivity (Wildman–Crippen MR) is 59.3 cm³/mol. The zero-order valence-corrected chi connectivity index (χ0v) is 8.37. The van der Waals surface area contributed by atoms with Crippen LogP contribution in [-0.2, 0) is 0 Å². The van der Waals surface area contributed by atoms with Crippen molar-refractivity contribution in [1.82, 2.24) is 0 Å². The van der Waals surface area contributed by atoms with E-state index in [2.05, 4.69) is 13.2 Å². The fourth-order valence-electron chi connectivity index (χ4n) is 1.03. The summed E-state index contributed by atoms with van der Waals surface area (Å²) < 4.78 is 0. The molecule has 0 saturated carbocycles. The highest BCUT2D eigenvalue weighted by atomic mass is 14.6. The minimum Gasteiger partial charge on any atom is -0.324 e. The fraction of sp³-hybridized carbons (Fsp3) is 0.455. The second-order valence-corrected chi connectivity index (χ2v) is 3.40. The van der Waals surface area contributed by atoms with Crippen molar-refractivity contribution in [2.45, 2.75) is 31.8 Å². The van der Waals surface area contributed by atoms with Crippen LogP contribution in [0.25, 0.3) is 0 Å². The second kappa shape index (κ2) is 6.63. The predicted octanol–water partition coefficient (Wildman–Crippen LogP) is 1.74. The first-order valence-corrected chi connectivity index (χ1v) is 4.51. The molecule has 0 amide bonds. The van der Waals surface area contributed by atoms with Crippen LogP contribution in [-0.4, -0.2) is 12.1 Å². The van der Waals surface area contributed by atoms with E-state index in [-0.39, 0.29) is 12.1 Å². The molecule has 0 aromatic heterocycles. The van der Waals surface area contributed by atoms with Crippen LogP contribution in [0.2, 0.25) is 0 Å². The van der Waals surface area contributed by atoms with E-state index < -0.39 is 0 Å². The highest BCUT2D eigenvalue weighted by molar-refractivity contribution is 5.04. The molecule has 0 fully saturated rings. The van der Waals surface area contributed by atoms with E-state index in [9.17, 15) is 0 Å². The molecule has 74 valence electrons. The lowest BCUT2D eigenvalue weighted by atomic mass is 10.1. The van der Waals surface area contributed by atoms with Gasteiger partial charge in [-0.05, 0) is 19.8 Å². The van der Waals surface area contributed by atoms with E-state index >= 15 is 0 Å². The van der Waals surface area contributed by atoms with Gasteiger partial charge in [0.05, 0.1) is 0 Å². The van der Waals surface area contributed by atoms with E-state index in [0.717, 1.165) is 18.4 Å². The smallest absolute Gasteiger partial charge is 0.0261 e. The van der Waals surface area contributed by atoms with Gasteiger partial charge in [-0.3, -0.25) is 0 Å². The third kappa shape index (κ3) is 7.50. The highest BCUT2D eigenvalue weighted by Gasteiger charge is 1.98.